The lowest BCUT2D eigenvalue weighted by Crippen LogP contribution is -2.23. The lowest BCUT2D eigenvalue weighted by molar-refractivity contribution is -0.121. The van der Waals surface area contributed by atoms with Crippen molar-refractivity contribution in [1.82, 2.24) is 9.88 Å². The molecule has 0 bridgehead atoms. The first-order valence-corrected chi connectivity index (χ1v) is 3.73. The van der Waals surface area contributed by atoms with Crippen LogP contribution >= 0.6 is 0 Å². The number of amides is 1. The van der Waals surface area contributed by atoms with Crippen LogP contribution in [0.5, 0.6) is 0 Å². The standard InChI is InChI=1S/C8H12N2O2/c1-9-8(12)5-10-4-2-3-7(10)6-11/h2-4,11H,5-6H2,1H3,(H,9,12). The van der Waals surface area contributed by atoms with Crippen LogP contribution in [0.2, 0.25) is 0 Å². The summed E-state index contributed by atoms with van der Waals surface area (Å²) >= 11 is 0. The zero-order chi connectivity index (χ0) is 8.97. The molecule has 1 aromatic heterocycles. The molecule has 0 radical (unpaired) electrons. The van der Waals surface area contributed by atoms with Crippen LogP contribution in [0.3, 0.4) is 0 Å². The minimum Gasteiger partial charge on any atom is -0.390 e. The molecular formula is C8H12N2O2. The molecular weight excluding hydrogens is 156 g/mol. The second-order valence-electron chi connectivity index (χ2n) is 2.46. The van der Waals surface area contributed by atoms with Crippen molar-refractivity contribution in [2.45, 2.75) is 13.2 Å². The van der Waals surface area contributed by atoms with Crippen molar-refractivity contribution in [3.05, 3.63) is 24.0 Å². The van der Waals surface area contributed by atoms with Gasteiger partial charge in [0, 0.05) is 18.9 Å². The van der Waals surface area contributed by atoms with Gasteiger partial charge in [-0.2, -0.15) is 0 Å². The monoisotopic (exact) mass is 168 g/mol. The second-order valence-corrected chi connectivity index (χ2v) is 2.46. The maximum atomic E-state index is 10.9. The third-order valence-corrected chi connectivity index (χ3v) is 1.68. The molecule has 0 aliphatic carbocycles. The van der Waals surface area contributed by atoms with Gasteiger partial charge in [0.2, 0.25) is 5.91 Å². The summed E-state index contributed by atoms with van der Waals surface area (Å²) in [5.74, 6) is -0.0686. The van der Waals surface area contributed by atoms with Crippen molar-refractivity contribution < 1.29 is 9.90 Å². The molecule has 1 heterocycles. The Morgan fingerprint density at radius 2 is 2.50 bits per heavy atom. The SMILES string of the molecule is CNC(=O)Cn1cccc1CO. The number of aromatic nitrogens is 1. The Bertz CT molecular complexity index is 268. The van der Waals surface area contributed by atoms with Crippen molar-refractivity contribution in [3.8, 4) is 0 Å². The summed E-state index contributed by atoms with van der Waals surface area (Å²) in [5, 5.41) is 11.4. The van der Waals surface area contributed by atoms with E-state index < -0.39 is 0 Å². The first-order valence-electron chi connectivity index (χ1n) is 3.73. The van der Waals surface area contributed by atoms with Crippen molar-refractivity contribution in [1.29, 1.82) is 0 Å². The highest BCUT2D eigenvalue weighted by atomic mass is 16.3. The largest absolute Gasteiger partial charge is 0.390 e. The van der Waals surface area contributed by atoms with Gasteiger partial charge in [-0.25, -0.2) is 0 Å². The van der Waals surface area contributed by atoms with E-state index in [0.717, 1.165) is 5.69 Å². The van der Waals surface area contributed by atoms with Gasteiger partial charge < -0.3 is 15.0 Å². The number of nitrogens with zero attached hydrogens (tertiary/aromatic N) is 1. The van der Waals surface area contributed by atoms with Gasteiger partial charge in [0.15, 0.2) is 0 Å². The van der Waals surface area contributed by atoms with Gasteiger partial charge in [-0.05, 0) is 12.1 Å². The van der Waals surface area contributed by atoms with Crippen molar-refractivity contribution in [2.75, 3.05) is 7.05 Å². The second kappa shape index (κ2) is 3.92. The highest BCUT2D eigenvalue weighted by molar-refractivity contribution is 5.75. The Labute approximate surface area is 70.8 Å². The molecule has 4 nitrogen and oxygen atoms in total. The van der Waals surface area contributed by atoms with Gasteiger partial charge >= 0.3 is 0 Å². The van der Waals surface area contributed by atoms with Crippen molar-refractivity contribution in [3.63, 3.8) is 0 Å². The maximum Gasteiger partial charge on any atom is 0.239 e. The topological polar surface area (TPSA) is 54.3 Å². The first-order chi connectivity index (χ1) is 5.77. The van der Waals surface area contributed by atoms with Crippen LogP contribution in [0.15, 0.2) is 18.3 Å². The Morgan fingerprint density at radius 1 is 1.75 bits per heavy atom. The summed E-state index contributed by atoms with van der Waals surface area (Å²) in [6.07, 6.45) is 1.76. The lowest BCUT2D eigenvalue weighted by Gasteiger charge is -2.05. The molecule has 0 aliphatic rings. The van der Waals surface area contributed by atoms with Crippen molar-refractivity contribution >= 4 is 5.91 Å². The number of hydrogen-bond donors (Lipinski definition) is 2. The fourth-order valence-electron chi connectivity index (χ4n) is 0.981. The van der Waals surface area contributed by atoms with Gasteiger partial charge in [0.25, 0.3) is 0 Å². The molecule has 0 spiro atoms. The summed E-state index contributed by atoms with van der Waals surface area (Å²) in [6, 6.07) is 3.58. The van der Waals surface area contributed by atoms with Crippen LogP contribution in [0.1, 0.15) is 5.69 Å². The van der Waals surface area contributed by atoms with Crippen LogP contribution in [0.25, 0.3) is 0 Å². The van der Waals surface area contributed by atoms with Gasteiger partial charge in [-0.15, -0.1) is 0 Å². The molecule has 2 N–H and O–H groups in total. The number of carbonyl (C=O) groups is 1. The van der Waals surface area contributed by atoms with Crippen LogP contribution in [-0.4, -0.2) is 22.6 Å². The number of carbonyl (C=O) groups excluding carboxylic acids is 1. The Morgan fingerprint density at radius 3 is 3.08 bits per heavy atom. The van der Waals surface area contributed by atoms with Crippen LogP contribution < -0.4 is 5.32 Å². The molecule has 1 aromatic rings. The maximum absolute atomic E-state index is 10.9. The smallest absolute Gasteiger partial charge is 0.239 e. The zero-order valence-electron chi connectivity index (χ0n) is 6.95. The fourth-order valence-corrected chi connectivity index (χ4v) is 0.981. The third-order valence-electron chi connectivity index (χ3n) is 1.68. The van der Waals surface area contributed by atoms with E-state index in [1.165, 1.54) is 0 Å². The molecule has 0 unspecified atom stereocenters. The number of rotatable bonds is 3. The van der Waals surface area contributed by atoms with E-state index in [-0.39, 0.29) is 19.1 Å². The van der Waals surface area contributed by atoms with Gasteiger partial charge in [0.05, 0.1) is 6.61 Å². The van der Waals surface area contributed by atoms with E-state index in [2.05, 4.69) is 5.32 Å². The summed E-state index contributed by atoms with van der Waals surface area (Å²) in [7, 11) is 1.59. The van der Waals surface area contributed by atoms with Gasteiger partial charge in [0.1, 0.15) is 6.54 Å². The van der Waals surface area contributed by atoms with Crippen LogP contribution in [-0.2, 0) is 17.9 Å². The van der Waals surface area contributed by atoms with E-state index in [0.29, 0.717) is 0 Å². The molecule has 0 aromatic carbocycles. The van der Waals surface area contributed by atoms with Crippen molar-refractivity contribution in [2.24, 2.45) is 0 Å². The number of aliphatic hydroxyl groups excluding tert-OH is 1. The van der Waals surface area contributed by atoms with Gasteiger partial charge in [-0.1, -0.05) is 0 Å². The van der Waals surface area contributed by atoms with Gasteiger partial charge in [-0.3, -0.25) is 4.79 Å². The molecule has 0 saturated heterocycles. The molecule has 66 valence electrons. The number of hydrogen-bond acceptors (Lipinski definition) is 2. The Kier molecular flexibility index (Phi) is 2.88. The van der Waals surface area contributed by atoms with E-state index in [9.17, 15) is 4.79 Å². The zero-order valence-corrected chi connectivity index (χ0v) is 6.95. The van der Waals surface area contributed by atoms with E-state index in [1.807, 2.05) is 0 Å². The first kappa shape index (κ1) is 8.80. The molecule has 0 aliphatic heterocycles. The number of aliphatic hydroxyl groups is 1. The summed E-state index contributed by atoms with van der Waals surface area (Å²) < 4.78 is 1.71. The highest BCUT2D eigenvalue weighted by Gasteiger charge is 2.02. The van der Waals surface area contributed by atoms with Crippen LogP contribution in [0.4, 0.5) is 0 Å². The summed E-state index contributed by atoms with van der Waals surface area (Å²) in [6.45, 7) is 0.226. The minimum absolute atomic E-state index is 0.0377. The average Bonchev–Trinajstić information content (AvgIpc) is 2.51. The lowest BCUT2D eigenvalue weighted by atomic mass is 10.4. The van der Waals surface area contributed by atoms with Crippen LogP contribution in [0, 0.1) is 0 Å². The predicted octanol–water partition coefficient (Wildman–Crippen LogP) is -0.274. The van der Waals surface area contributed by atoms with E-state index in [4.69, 9.17) is 5.11 Å². The average molecular weight is 168 g/mol. The highest BCUT2D eigenvalue weighted by Crippen LogP contribution is 2.00. The quantitative estimate of drug-likeness (QED) is 0.652. The molecule has 12 heavy (non-hydrogen) atoms. The molecule has 1 amide bonds. The number of likely N-dealkylation sites (N-methyl/N-ethyl adjacent to an activating group) is 1. The van der Waals surface area contributed by atoms with E-state index >= 15 is 0 Å². The molecule has 1 rings (SSSR count). The Balaban J connectivity index is 2.68. The molecule has 0 fully saturated rings. The third kappa shape index (κ3) is 1.85. The Hall–Kier alpha value is -1.29. The molecule has 0 saturated carbocycles. The van der Waals surface area contributed by atoms with E-state index in [1.54, 1.807) is 29.9 Å². The summed E-state index contributed by atoms with van der Waals surface area (Å²) in [4.78, 5) is 10.9. The predicted molar refractivity (Wildman–Crippen MR) is 44.4 cm³/mol. The number of nitrogens with one attached hydrogen (secondary N) is 1. The molecule has 4 heteroatoms. The fraction of sp³-hybridized carbons (Fsp3) is 0.375. The summed E-state index contributed by atoms with van der Waals surface area (Å²) in [5.41, 5.74) is 0.749. The minimum atomic E-state index is -0.0686. The molecule has 0 atom stereocenters. The normalized spacial score (nSPS) is 9.83.